The zero-order valence-electron chi connectivity index (χ0n) is 16.3. The van der Waals surface area contributed by atoms with Gasteiger partial charge in [0.15, 0.2) is 0 Å². The van der Waals surface area contributed by atoms with E-state index in [1.165, 1.54) is 6.20 Å². The van der Waals surface area contributed by atoms with Gasteiger partial charge in [-0.1, -0.05) is 42.5 Å². The third kappa shape index (κ3) is 2.79. The Bertz CT molecular complexity index is 1390. The number of amidine groups is 1. The maximum atomic E-state index is 15.1. The van der Waals surface area contributed by atoms with Crippen molar-refractivity contribution in [2.45, 2.75) is 5.54 Å². The summed E-state index contributed by atoms with van der Waals surface area (Å²) >= 11 is 0. The van der Waals surface area contributed by atoms with Crippen LogP contribution in [0.5, 0.6) is 0 Å². The number of rotatable bonds is 3. The first-order valence-corrected chi connectivity index (χ1v) is 9.66. The van der Waals surface area contributed by atoms with Gasteiger partial charge >= 0.3 is 0 Å². The zero-order valence-corrected chi connectivity index (χ0v) is 16.3. The van der Waals surface area contributed by atoms with E-state index in [-0.39, 0.29) is 0 Å². The standard InChI is InChI=1S/C25H16FN5/c26-22-15-29-12-10-21(22)25(20-9-2-1-8-19(20)24(28)31-25)18-7-3-5-16(13-18)23-17(14-27)6-4-11-30-23/h1-13,15H,(H2,28,31). The molecule has 1 atom stereocenters. The summed E-state index contributed by atoms with van der Waals surface area (Å²) in [5.41, 5.74) is 9.50. The number of nitrogens with zero attached hydrogens (tertiary/aromatic N) is 4. The fourth-order valence-electron chi connectivity index (χ4n) is 4.19. The van der Waals surface area contributed by atoms with Crippen LogP contribution in [-0.2, 0) is 5.54 Å². The third-order valence-corrected chi connectivity index (χ3v) is 5.53. The molecule has 3 heterocycles. The Hall–Kier alpha value is -4.37. The van der Waals surface area contributed by atoms with E-state index in [0.29, 0.717) is 22.7 Å². The van der Waals surface area contributed by atoms with Crippen molar-refractivity contribution in [2.24, 2.45) is 10.7 Å². The lowest BCUT2D eigenvalue weighted by Gasteiger charge is -2.29. The SMILES string of the molecule is N#Cc1cccnc1-c1cccc(C2(c3ccncc3F)N=C(N)c3ccccc32)c1. The summed E-state index contributed by atoms with van der Waals surface area (Å²) in [7, 11) is 0. The normalized spacial score (nSPS) is 17.0. The van der Waals surface area contributed by atoms with Gasteiger partial charge in [-0.2, -0.15) is 5.26 Å². The van der Waals surface area contributed by atoms with Crippen LogP contribution in [-0.4, -0.2) is 15.8 Å². The van der Waals surface area contributed by atoms with Crippen LogP contribution in [0.2, 0.25) is 0 Å². The minimum Gasteiger partial charge on any atom is -0.383 e. The summed E-state index contributed by atoms with van der Waals surface area (Å²) in [6, 6.07) is 22.3. The zero-order chi connectivity index (χ0) is 21.4. The molecule has 2 N–H and O–H groups in total. The molecule has 0 saturated heterocycles. The molecular weight excluding hydrogens is 389 g/mol. The molecule has 1 aliphatic rings. The van der Waals surface area contributed by atoms with Crippen LogP contribution in [0.15, 0.2) is 90.3 Å². The Kier molecular flexibility index (Phi) is 4.30. The summed E-state index contributed by atoms with van der Waals surface area (Å²) in [5.74, 6) is -0.135. The van der Waals surface area contributed by atoms with E-state index in [2.05, 4.69) is 16.0 Å². The third-order valence-electron chi connectivity index (χ3n) is 5.53. The second-order valence-corrected chi connectivity index (χ2v) is 7.20. The van der Waals surface area contributed by atoms with Gasteiger partial charge in [-0.3, -0.25) is 9.97 Å². The molecule has 5 nitrogen and oxygen atoms in total. The van der Waals surface area contributed by atoms with Crippen LogP contribution in [0.3, 0.4) is 0 Å². The number of fused-ring (bicyclic) bond motifs is 1. The summed E-state index contributed by atoms with van der Waals surface area (Å²) in [6.07, 6.45) is 4.37. The number of benzene rings is 2. The Morgan fingerprint density at radius 2 is 1.81 bits per heavy atom. The summed E-state index contributed by atoms with van der Waals surface area (Å²) in [5, 5.41) is 9.51. The van der Waals surface area contributed by atoms with Gasteiger partial charge in [-0.15, -0.1) is 0 Å². The van der Waals surface area contributed by atoms with Crippen molar-refractivity contribution in [3.05, 3.63) is 119 Å². The van der Waals surface area contributed by atoms with E-state index in [1.54, 1.807) is 30.6 Å². The van der Waals surface area contributed by atoms with Crippen molar-refractivity contribution >= 4 is 5.84 Å². The maximum absolute atomic E-state index is 15.1. The lowest BCUT2D eigenvalue weighted by Crippen LogP contribution is -2.27. The Labute approximate surface area is 178 Å². The van der Waals surface area contributed by atoms with Crippen LogP contribution in [0, 0.1) is 17.1 Å². The van der Waals surface area contributed by atoms with E-state index < -0.39 is 11.4 Å². The van der Waals surface area contributed by atoms with Crippen LogP contribution in [0.4, 0.5) is 4.39 Å². The molecule has 0 bridgehead atoms. The first-order chi connectivity index (χ1) is 15.1. The number of hydrogen-bond donors (Lipinski definition) is 1. The second-order valence-electron chi connectivity index (χ2n) is 7.20. The molecule has 1 unspecified atom stereocenters. The van der Waals surface area contributed by atoms with Gasteiger partial charge in [0.25, 0.3) is 0 Å². The number of aromatic nitrogens is 2. The lowest BCUT2D eigenvalue weighted by atomic mass is 9.77. The summed E-state index contributed by atoms with van der Waals surface area (Å²) < 4.78 is 15.1. The molecule has 0 spiro atoms. The molecule has 0 aliphatic carbocycles. The topological polar surface area (TPSA) is 88.0 Å². The predicted molar refractivity (Wildman–Crippen MR) is 116 cm³/mol. The van der Waals surface area contributed by atoms with E-state index in [4.69, 9.17) is 10.7 Å². The molecule has 2 aromatic heterocycles. The van der Waals surface area contributed by atoms with Crippen molar-refractivity contribution in [2.75, 3.05) is 0 Å². The number of nitriles is 1. The maximum Gasteiger partial charge on any atom is 0.147 e. The first-order valence-electron chi connectivity index (χ1n) is 9.66. The molecule has 1 aliphatic heterocycles. The molecule has 31 heavy (non-hydrogen) atoms. The van der Waals surface area contributed by atoms with Crippen LogP contribution >= 0.6 is 0 Å². The van der Waals surface area contributed by atoms with Crippen LogP contribution < -0.4 is 5.73 Å². The Morgan fingerprint density at radius 1 is 0.935 bits per heavy atom. The van der Waals surface area contributed by atoms with Gasteiger partial charge in [-0.25, -0.2) is 9.38 Å². The lowest BCUT2D eigenvalue weighted by molar-refractivity contribution is 0.555. The molecule has 6 heteroatoms. The smallest absolute Gasteiger partial charge is 0.147 e. The van der Waals surface area contributed by atoms with E-state index in [1.807, 2.05) is 48.5 Å². The van der Waals surface area contributed by atoms with E-state index >= 15 is 4.39 Å². The van der Waals surface area contributed by atoms with Crippen molar-refractivity contribution in [1.29, 1.82) is 5.26 Å². The second kappa shape index (κ2) is 7.15. The van der Waals surface area contributed by atoms with Crippen molar-refractivity contribution in [1.82, 2.24) is 9.97 Å². The summed E-state index contributed by atoms with van der Waals surface area (Å²) in [4.78, 5) is 13.1. The molecule has 5 rings (SSSR count). The number of hydrogen-bond acceptors (Lipinski definition) is 5. The van der Waals surface area contributed by atoms with Gasteiger partial charge in [-0.05, 0) is 35.4 Å². The summed E-state index contributed by atoms with van der Waals surface area (Å²) in [6.45, 7) is 0. The molecular formula is C25H16FN5. The number of aliphatic imine (C=N–C) groups is 1. The molecule has 4 aromatic rings. The highest BCUT2D eigenvalue weighted by Crippen LogP contribution is 2.47. The highest BCUT2D eigenvalue weighted by Gasteiger charge is 2.44. The monoisotopic (exact) mass is 405 g/mol. The fourth-order valence-corrected chi connectivity index (χ4v) is 4.19. The fraction of sp³-hybridized carbons (Fsp3) is 0.0400. The Morgan fingerprint density at radius 3 is 2.65 bits per heavy atom. The number of nitrogens with two attached hydrogens (primary N) is 1. The largest absolute Gasteiger partial charge is 0.383 e. The average Bonchev–Trinajstić information content (AvgIpc) is 3.13. The van der Waals surface area contributed by atoms with Gasteiger partial charge < -0.3 is 5.73 Å². The van der Waals surface area contributed by atoms with Gasteiger partial charge in [0.2, 0.25) is 0 Å². The van der Waals surface area contributed by atoms with Gasteiger partial charge in [0.1, 0.15) is 23.3 Å². The molecule has 0 saturated carbocycles. The van der Waals surface area contributed by atoms with E-state index in [9.17, 15) is 5.26 Å². The molecule has 148 valence electrons. The first kappa shape index (κ1) is 18.6. The molecule has 0 radical (unpaired) electrons. The van der Waals surface area contributed by atoms with Crippen LogP contribution in [0.1, 0.15) is 27.8 Å². The highest BCUT2D eigenvalue weighted by atomic mass is 19.1. The quantitative estimate of drug-likeness (QED) is 0.554. The highest BCUT2D eigenvalue weighted by molar-refractivity contribution is 6.03. The molecule has 0 fully saturated rings. The molecule has 2 aromatic carbocycles. The number of pyridine rings is 2. The van der Waals surface area contributed by atoms with Gasteiger partial charge in [0.05, 0.1) is 17.5 Å². The number of halogens is 1. The Balaban J connectivity index is 1.82. The predicted octanol–water partition coefficient (Wildman–Crippen LogP) is 4.17. The van der Waals surface area contributed by atoms with Crippen molar-refractivity contribution < 1.29 is 4.39 Å². The van der Waals surface area contributed by atoms with Gasteiger partial charge in [0, 0.05) is 29.1 Å². The van der Waals surface area contributed by atoms with E-state index in [0.717, 1.165) is 22.3 Å². The van der Waals surface area contributed by atoms with Crippen LogP contribution in [0.25, 0.3) is 11.3 Å². The minimum atomic E-state index is -1.18. The minimum absolute atomic E-state index is 0.341. The average molecular weight is 405 g/mol. The van der Waals surface area contributed by atoms with Crippen molar-refractivity contribution in [3.63, 3.8) is 0 Å². The molecule has 0 amide bonds. The van der Waals surface area contributed by atoms with Crippen molar-refractivity contribution in [3.8, 4) is 17.3 Å².